The van der Waals surface area contributed by atoms with Crippen molar-refractivity contribution in [1.29, 1.82) is 0 Å². The van der Waals surface area contributed by atoms with Crippen LogP contribution in [0.2, 0.25) is 0 Å². The molecule has 0 saturated heterocycles. The van der Waals surface area contributed by atoms with E-state index in [1.807, 2.05) is 0 Å². The Bertz CT molecular complexity index is 648. The molecule has 1 aliphatic carbocycles. The van der Waals surface area contributed by atoms with E-state index in [1.165, 1.54) is 24.7 Å². The van der Waals surface area contributed by atoms with E-state index in [0.29, 0.717) is 17.8 Å². The molecule has 0 radical (unpaired) electrons. The second kappa shape index (κ2) is 4.96. The van der Waals surface area contributed by atoms with Crippen LogP contribution in [0.4, 0.5) is 14.6 Å². The molecule has 102 valence electrons. The number of anilines is 1. The number of hydrogen-bond donors (Lipinski definition) is 1. The molecular weight excluding hydrogens is 264 g/mol. The molecule has 3 rings (SSSR count). The molecule has 1 N–H and O–H groups in total. The van der Waals surface area contributed by atoms with E-state index < -0.39 is 11.6 Å². The largest absolute Gasteiger partial charge is 0.309 e. The highest BCUT2D eigenvalue weighted by Crippen LogP contribution is 2.48. The van der Waals surface area contributed by atoms with Crippen molar-refractivity contribution in [1.82, 2.24) is 9.97 Å². The molecule has 1 aliphatic rings. The fraction of sp³-hybridized carbons (Fsp3) is 0.214. The molecule has 4 nitrogen and oxygen atoms in total. The molecule has 1 amide bonds. The Morgan fingerprint density at radius 2 is 2.10 bits per heavy atom. The molecular formula is C14H11F2N3O. The summed E-state index contributed by atoms with van der Waals surface area (Å²) >= 11 is 0. The molecule has 0 unspecified atom stereocenters. The van der Waals surface area contributed by atoms with Crippen molar-refractivity contribution in [2.75, 3.05) is 5.32 Å². The van der Waals surface area contributed by atoms with Gasteiger partial charge < -0.3 is 5.32 Å². The number of hydrogen-bond acceptors (Lipinski definition) is 3. The fourth-order valence-electron chi connectivity index (χ4n) is 2.18. The SMILES string of the molecule is O=C(Nc1cnccn1)[C@H]1C[C@H]1c1ccc(F)c(F)c1. The van der Waals surface area contributed by atoms with E-state index >= 15 is 0 Å². The van der Waals surface area contributed by atoms with Gasteiger partial charge in [-0.2, -0.15) is 0 Å². The van der Waals surface area contributed by atoms with Gasteiger partial charge in [0, 0.05) is 18.3 Å². The predicted octanol–water partition coefficient (Wildman–Crippen LogP) is 2.50. The van der Waals surface area contributed by atoms with Gasteiger partial charge in [-0.15, -0.1) is 0 Å². The van der Waals surface area contributed by atoms with E-state index in [9.17, 15) is 13.6 Å². The number of carbonyl (C=O) groups excluding carboxylic acids is 1. The molecule has 0 spiro atoms. The van der Waals surface area contributed by atoms with Crippen molar-refractivity contribution in [3.8, 4) is 0 Å². The Morgan fingerprint density at radius 3 is 2.80 bits per heavy atom. The van der Waals surface area contributed by atoms with Crippen molar-refractivity contribution in [3.63, 3.8) is 0 Å². The minimum Gasteiger partial charge on any atom is -0.309 e. The Balaban J connectivity index is 1.66. The third-order valence-corrected chi connectivity index (χ3v) is 3.31. The number of nitrogens with zero attached hydrogens (tertiary/aromatic N) is 2. The van der Waals surface area contributed by atoms with Gasteiger partial charge in [-0.3, -0.25) is 9.78 Å². The van der Waals surface area contributed by atoms with Gasteiger partial charge in [0.25, 0.3) is 0 Å². The molecule has 1 saturated carbocycles. The van der Waals surface area contributed by atoms with Crippen molar-refractivity contribution in [3.05, 3.63) is 54.0 Å². The number of rotatable bonds is 3. The number of amides is 1. The van der Waals surface area contributed by atoms with E-state index in [4.69, 9.17) is 0 Å². The van der Waals surface area contributed by atoms with Crippen LogP contribution < -0.4 is 5.32 Å². The molecule has 0 aliphatic heterocycles. The highest BCUT2D eigenvalue weighted by Gasteiger charge is 2.44. The van der Waals surface area contributed by atoms with Crippen molar-refractivity contribution in [2.45, 2.75) is 12.3 Å². The number of aromatic nitrogens is 2. The van der Waals surface area contributed by atoms with Gasteiger partial charge in [0.2, 0.25) is 5.91 Å². The first-order valence-corrected chi connectivity index (χ1v) is 6.17. The zero-order chi connectivity index (χ0) is 14.1. The number of benzene rings is 1. The Morgan fingerprint density at radius 1 is 1.25 bits per heavy atom. The van der Waals surface area contributed by atoms with Crippen LogP contribution >= 0.6 is 0 Å². The molecule has 0 bridgehead atoms. The van der Waals surface area contributed by atoms with Gasteiger partial charge in [-0.05, 0) is 30.0 Å². The molecule has 1 aromatic heterocycles. The van der Waals surface area contributed by atoms with Crippen molar-refractivity contribution < 1.29 is 13.6 Å². The predicted molar refractivity (Wildman–Crippen MR) is 67.9 cm³/mol. The lowest BCUT2D eigenvalue weighted by Crippen LogP contribution is -2.15. The number of nitrogens with one attached hydrogen (secondary N) is 1. The maximum atomic E-state index is 13.1. The fourth-order valence-corrected chi connectivity index (χ4v) is 2.18. The third-order valence-electron chi connectivity index (χ3n) is 3.31. The highest BCUT2D eigenvalue weighted by molar-refractivity contribution is 5.94. The molecule has 1 fully saturated rings. The molecule has 1 aromatic carbocycles. The van der Waals surface area contributed by atoms with Crippen LogP contribution in [-0.2, 0) is 4.79 Å². The van der Waals surface area contributed by atoms with Crippen LogP contribution in [0.25, 0.3) is 0 Å². The topological polar surface area (TPSA) is 54.9 Å². The summed E-state index contributed by atoms with van der Waals surface area (Å²) < 4.78 is 26.0. The minimum atomic E-state index is -0.887. The molecule has 20 heavy (non-hydrogen) atoms. The number of carbonyl (C=O) groups is 1. The lowest BCUT2D eigenvalue weighted by atomic mass is 10.1. The van der Waals surface area contributed by atoms with Gasteiger partial charge in [-0.25, -0.2) is 13.8 Å². The van der Waals surface area contributed by atoms with Crippen LogP contribution in [-0.4, -0.2) is 15.9 Å². The van der Waals surface area contributed by atoms with Crippen molar-refractivity contribution in [2.24, 2.45) is 5.92 Å². The Kier molecular flexibility index (Phi) is 3.14. The van der Waals surface area contributed by atoms with Crippen LogP contribution in [0.1, 0.15) is 17.9 Å². The smallest absolute Gasteiger partial charge is 0.229 e. The van der Waals surface area contributed by atoms with Crippen LogP contribution in [0, 0.1) is 17.6 Å². The van der Waals surface area contributed by atoms with Gasteiger partial charge in [0.05, 0.1) is 6.20 Å². The van der Waals surface area contributed by atoms with Gasteiger partial charge in [0.15, 0.2) is 17.5 Å². The van der Waals surface area contributed by atoms with Crippen LogP contribution in [0.15, 0.2) is 36.8 Å². The molecule has 2 atom stereocenters. The second-order valence-electron chi connectivity index (χ2n) is 4.70. The first kappa shape index (κ1) is 12.7. The minimum absolute atomic E-state index is 0.0678. The summed E-state index contributed by atoms with van der Waals surface area (Å²) in [6.07, 6.45) is 5.07. The van der Waals surface area contributed by atoms with E-state index in [2.05, 4.69) is 15.3 Å². The van der Waals surface area contributed by atoms with Crippen LogP contribution in [0.5, 0.6) is 0 Å². The number of halogens is 2. The summed E-state index contributed by atoms with van der Waals surface area (Å²) in [5.41, 5.74) is 0.642. The van der Waals surface area contributed by atoms with E-state index in [0.717, 1.165) is 12.1 Å². The maximum absolute atomic E-state index is 13.1. The average molecular weight is 275 g/mol. The maximum Gasteiger partial charge on any atom is 0.229 e. The van der Waals surface area contributed by atoms with Crippen LogP contribution in [0.3, 0.4) is 0 Å². The average Bonchev–Trinajstić information content (AvgIpc) is 3.23. The summed E-state index contributed by atoms with van der Waals surface area (Å²) in [6.45, 7) is 0. The van der Waals surface area contributed by atoms with Crippen molar-refractivity contribution >= 4 is 11.7 Å². The lowest BCUT2D eigenvalue weighted by Gasteiger charge is -2.03. The summed E-state index contributed by atoms with van der Waals surface area (Å²) in [7, 11) is 0. The van der Waals surface area contributed by atoms with Gasteiger partial charge >= 0.3 is 0 Å². The summed E-state index contributed by atoms with van der Waals surface area (Å²) in [5, 5.41) is 2.65. The third kappa shape index (κ3) is 2.49. The summed E-state index contributed by atoms with van der Waals surface area (Å²) in [5.74, 6) is -1.87. The van der Waals surface area contributed by atoms with E-state index in [-0.39, 0.29) is 17.7 Å². The Hall–Kier alpha value is -2.37. The lowest BCUT2D eigenvalue weighted by molar-refractivity contribution is -0.117. The highest BCUT2D eigenvalue weighted by atomic mass is 19.2. The normalized spacial score (nSPS) is 20.5. The molecule has 2 aromatic rings. The standard InChI is InChI=1S/C14H11F2N3O/c15-11-2-1-8(5-12(11)16)9-6-10(9)14(20)19-13-7-17-3-4-18-13/h1-5,7,9-10H,6H2,(H,18,19,20)/t9-,10-/m0/s1. The zero-order valence-corrected chi connectivity index (χ0v) is 10.4. The second-order valence-corrected chi connectivity index (χ2v) is 4.70. The van der Waals surface area contributed by atoms with Gasteiger partial charge in [-0.1, -0.05) is 6.07 Å². The van der Waals surface area contributed by atoms with E-state index in [1.54, 1.807) is 0 Å². The van der Waals surface area contributed by atoms with Gasteiger partial charge in [0.1, 0.15) is 0 Å². The summed E-state index contributed by atoms with van der Waals surface area (Å²) in [4.78, 5) is 19.8. The Labute approximate surface area is 113 Å². The zero-order valence-electron chi connectivity index (χ0n) is 10.4. The summed E-state index contributed by atoms with van der Waals surface area (Å²) in [6, 6.07) is 3.74. The molecule has 1 heterocycles. The monoisotopic (exact) mass is 275 g/mol. The first-order valence-electron chi connectivity index (χ1n) is 6.17. The molecule has 6 heteroatoms. The quantitative estimate of drug-likeness (QED) is 0.936. The first-order chi connectivity index (χ1) is 9.65.